The van der Waals surface area contributed by atoms with E-state index in [9.17, 15) is 9.90 Å². The molecule has 1 atom stereocenters. The number of nitrogens with zero attached hydrogens (tertiary/aromatic N) is 2. The topological polar surface area (TPSA) is 86.2 Å². The van der Waals surface area contributed by atoms with Gasteiger partial charge in [-0.1, -0.05) is 47.6 Å². The molecule has 2 aromatic rings. The first kappa shape index (κ1) is 16.0. The molecule has 7 nitrogen and oxygen atoms in total. The lowest BCUT2D eigenvalue weighted by Crippen LogP contribution is -2.36. The molecular weight excluding hydrogens is 308 g/mol. The minimum Gasteiger partial charge on any atom is -0.391 e. The molecule has 0 saturated carbocycles. The summed E-state index contributed by atoms with van der Waals surface area (Å²) in [6.45, 7) is 2.25. The highest BCUT2D eigenvalue weighted by Gasteiger charge is 2.29. The van der Waals surface area contributed by atoms with Gasteiger partial charge in [-0.2, -0.15) is 5.43 Å². The molecule has 7 heteroatoms. The molecule has 124 valence electrons. The lowest BCUT2D eigenvalue weighted by molar-refractivity contribution is 0.130. The Morgan fingerprint density at radius 1 is 1.21 bits per heavy atom. The number of hydrogen-bond donors (Lipinski definition) is 3. The molecule has 1 aliphatic heterocycles. The number of urea groups is 1. The van der Waals surface area contributed by atoms with E-state index in [0.29, 0.717) is 12.3 Å². The van der Waals surface area contributed by atoms with Crippen LogP contribution in [0.5, 0.6) is 0 Å². The first-order chi connectivity index (χ1) is 11.6. The number of aliphatic hydroxyl groups excluding tert-OH is 1. The van der Waals surface area contributed by atoms with E-state index in [1.165, 1.54) is 4.90 Å². The number of aliphatic hydroxyl groups is 1. The van der Waals surface area contributed by atoms with Crippen LogP contribution in [0, 0.1) is 0 Å². The molecule has 1 heterocycles. The summed E-state index contributed by atoms with van der Waals surface area (Å²) in [7, 11) is 0. The first-order valence-electron chi connectivity index (χ1n) is 7.49. The van der Waals surface area contributed by atoms with Crippen LogP contribution in [0.3, 0.4) is 0 Å². The van der Waals surface area contributed by atoms with E-state index in [2.05, 4.69) is 16.0 Å². The monoisotopic (exact) mass is 326 g/mol. The summed E-state index contributed by atoms with van der Waals surface area (Å²) in [5, 5.41) is 13.8. The summed E-state index contributed by atoms with van der Waals surface area (Å²) in [6, 6.07) is 16.5. The number of carbonyl (C=O) groups is 1. The SMILES string of the molecule is CC(=NOCc1ccccc1)c1ccc(N2C(=O)NNC2O)cc1. The first-order valence-corrected chi connectivity index (χ1v) is 7.49. The highest BCUT2D eigenvalue weighted by atomic mass is 16.6. The van der Waals surface area contributed by atoms with E-state index in [0.717, 1.165) is 16.8 Å². The molecule has 1 aliphatic rings. The van der Waals surface area contributed by atoms with E-state index in [-0.39, 0.29) is 0 Å². The summed E-state index contributed by atoms with van der Waals surface area (Å²) in [5.41, 5.74) is 8.00. The van der Waals surface area contributed by atoms with Crippen LogP contribution in [0.15, 0.2) is 59.8 Å². The zero-order valence-electron chi connectivity index (χ0n) is 13.1. The van der Waals surface area contributed by atoms with Gasteiger partial charge in [0.05, 0.1) is 5.71 Å². The third-order valence-electron chi connectivity index (χ3n) is 3.61. The predicted octanol–water partition coefficient (Wildman–Crippen LogP) is 1.94. The Labute approximate surface area is 139 Å². The Morgan fingerprint density at radius 2 is 1.92 bits per heavy atom. The van der Waals surface area contributed by atoms with Crippen LogP contribution in [-0.2, 0) is 11.4 Å². The van der Waals surface area contributed by atoms with E-state index in [1.807, 2.05) is 49.4 Å². The molecule has 2 aromatic carbocycles. The number of hydrazine groups is 1. The van der Waals surface area contributed by atoms with Crippen LogP contribution in [0.2, 0.25) is 0 Å². The Morgan fingerprint density at radius 3 is 2.54 bits per heavy atom. The van der Waals surface area contributed by atoms with Crippen LogP contribution in [-0.4, -0.2) is 23.2 Å². The minimum atomic E-state index is -1.09. The molecule has 3 rings (SSSR count). The second-order valence-corrected chi connectivity index (χ2v) is 5.30. The standard InChI is InChI=1S/C17H18N4O3/c1-12(20-24-11-13-5-3-2-4-6-13)14-7-9-15(10-8-14)21-16(22)18-19-17(21)23/h2-10,16,18,22H,11H2,1H3,(H,19,23). The second-order valence-electron chi connectivity index (χ2n) is 5.30. The molecule has 1 fully saturated rings. The van der Waals surface area contributed by atoms with Crippen molar-refractivity contribution in [2.24, 2.45) is 5.16 Å². The summed E-state index contributed by atoms with van der Waals surface area (Å²) in [4.78, 5) is 18.2. The average Bonchev–Trinajstić information content (AvgIpc) is 2.94. The number of carbonyl (C=O) groups excluding carboxylic acids is 1. The van der Waals surface area contributed by atoms with Crippen LogP contribution in [0.4, 0.5) is 10.5 Å². The summed E-state index contributed by atoms with van der Waals surface area (Å²) >= 11 is 0. The van der Waals surface area contributed by atoms with Gasteiger partial charge in [-0.25, -0.2) is 4.79 Å². The van der Waals surface area contributed by atoms with Gasteiger partial charge in [0, 0.05) is 5.69 Å². The maximum atomic E-state index is 11.6. The fourth-order valence-corrected chi connectivity index (χ4v) is 2.31. The molecular formula is C17H18N4O3. The normalized spacial score (nSPS) is 17.8. The van der Waals surface area contributed by atoms with Gasteiger partial charge in [-0.15, -0.1) is 0 Å². The van der Waals surface area contributed by atoms with Crippen molar-refractivity contribution >= 4 is 17.4 Å². The molecule has 0 bridgehead atoms. The smallest absolute Gasteiger partial charge is 0.339 e. The molecule has 0 aliphatic carbocycles. The van der Waals surface area contributed by atoms with Crippen LogP contribution < -0.4 is 15.8 Å². The second kappa shape index (κ2) is 7.12. The zero-order chi connectivity index (χ0) is 16.9. The van der Waals surface area contributed by atoms with Gasteiger partial charge in [0.15, 0.2) is 0 Å². The Balaban J connectivity index is 1.64. The quantitative estimate of drug-likeness (QED) is 0.579. The number of amides is 2. The van der Waals surface area contributed by atoms with Gasteiger partial charge in [0.1, 0.15) is 6.61 Å². The third-order valence-corrected chi connectivity index (χ3v) is 3.61. The van der Waals surface area contributed by atoms with Gasteiger partial charge in [0.2, 0.25) is 6.35 Å². The molecule has 0 spiro atoms. The lowest BCUT2D eigenvalue weighted by Gasteiger charge is -2.17. The fourth-order valence-electron chi connectivity index (χ4n) is 2.31. The van der Waals surface area contributed by atoms with Gasteiger partial charge in [-0.05, 0) is 30.2 Å². The number of benzene rings is 2. The van der Waals surface area contributed by atoms with Crippen molar-refractivity contribution in [3.8, 4) is 0 Å². The van der Waals surface area contributed by atoms with E-state index in [4.69, 9.17) is 4.84 Å². The van der Waals surface area contributed by atoms with Crippen molar-refractivity contribution in [1.82, 2.24) is 10.9 Å². The van der Waals surface area contributed by atoms with Crippen molar-refractivity contribution in [1.29, 1.82) is 0 Å². The maximum Gasteiger partial charge on any atom is 0.339 e. The minimum absolute atomic E-state index is 0.405. The van der Waals surface area contributed by atoms with Crippen molar-refractivity contribution in [2.75, 3.05) is 4.90 Å². The molecule has 3 N–H and O–H groups in total. The van der Waals surface area contributed by atoms with Crippen molar-refractivity contribution in [3.05, 3.63) is 65.7 Å². The predicted molar refractivity (Wildman–Crippen MR) is 90.0 cm³/mol. The maximum absolute atomic E-state index is 11.6. The Kier molecular flexibility index (Phi) is 4.74. The largest absolute Gasteiger partial charge is 0.391 e. The van der Waals surface area contributed by atoms with Gasteiger partial charge in [-0.3, -0.25) is 10.3 Å². The number of anilines is 1. The van der Waals surface area contributed by atoms with Gasteiger partial charge in [0.25, 0.3) is 0 Å². The van der Waals surface area contributed by atoms with Crippen LogP contribution in [0.1, 0.15) is 18.1 Å². The highest BCUT2D eigenvalue weighted by molar-refractivity contribution is 5.99. The lowest BCUT2D eigenvalue weighted by atomic mass is 10.1. The number of hydrogen-bond acceptors (Lipinski definition) is 5. The summed E-state index contributed by atoms with van der Waals surface area (Å²) in [5.74, 6) is 0. The third kappa shape index (κ3) is 3.53. The van der Waals surface area contributed by atoms with Crippen molar-refractivity contribution in [2.45, 2.75) is 19.9 Å². The van der Waals surface area contributed by atoms with Crippen molar-refractivity contribution < 1.29 is 14.7 Å². The van der Waals surface area contributed by atoms with Crippen molar-refractivity contribution in [3.63, 3.8) is 0 Å². The summed E-state index contributed by atoms with van der Waals surface area (Å²) < 4.78 is 0. The highest BCUT2D eigenvalue weighted by Crippen LogP contribution is 2.19. The van der Waals surface area contributed by atoms with Crippen LogP contribution in [0.25, 0.3) is 0 Å². The van der Waals surface area contributed by atoms with Gasteiger partial charge >= 0.3 is 6.03 Å². The van der Waals surface area contributed by atoms with E-state index >= 15 is 0 Å². The van der Waals surface area contributed by atoms with E-state index < -0.39 is 12.4 Å². The fraction of sp³-hybridized carbons (Fsp3) is 0.176. The summed E-state index contributed by atoms with van der Waals surface area (Å²) in [6.07, 6.45) is -1.09. The molecule has 1 saturated heterocycles. The molecule has 24 heavy (non-hydrogen) atoms. The molecule has 0 radical (unpaired) electrons. The Hall–Kier alpha value is -2.90. The molecule has 0 aromatic heterocycles. The molecule has 2 amide bonds. The zero-order valence-corrected chi connectivity index (χ0v) is 13.1. The number of oxime groups is 1. The Bertz CT molecular complexity index is 731. The van der Waals surface area contributed by atoms with E-state index in [1.54, 1.807) is 12.1 Å². The number of nitrogens with one attached hydrogen (secondary N) is 2. The van der Waals surface area contributed by atoms with Crippen LogP contribution >= 0.6 is 0 Å². The number of rotatable bonds is 5. The van der Waals surface area contributed by atoms with Gasteiger partial charge < -0.3 is 9.94 Å². The molecule has 1 unspecified atom stereocenters. The average molecular weight is 326 g/mol.